The second-order valence-electron chi connectivity index (χ2n) is 3.59. The van der Waals surface area contributed by atoms with Gasteiger partial charge >= 0.3 is 18.9 Å². The van der Waals surface area contributed by atoms with Crippen LogP contribution in [0.2, 0.25) is 0 Å². The van der Waals surface area contributed by atoms with Crippen molar-refractivity contribution in [3.8, 4) is 0 Å². The van der Waals surface area contributed by atoms with Gasteiger partial charge in [0.05, 0.1) is 0 Å². The van der Waals surface area contributed by atoms with E-state index in [1.54, 1.807) is 0 Å². The normalized spacial score (nSPS) is 9.68. The summed E-state index contributed by atoms with van der Waals surface area (Å²) in [6.45, 7) is 0. The molecule has 2 heterocycles. The van der Waals surface area contributed by atoms with Crippen LogP contribution in [0.3, 0.4) is 0 Å². The van der Waals surface area contributed by atoms with Crippen molar-refractivity contribution in [2.24, 2.45) is 0 Å². The molecule has 0 radical (unpaired) electrons. The number of rotatable bonds is 0. The van der Waals surface area contributed by atoms with E-state index in [-0.39, 0.29) is 18.9 Å². The van der Waals surface area contributed by atoms with Gasteiger partial charge in [-0.2, -0.15) is 0 Å². The van der Waals surface area contributed by atoms with Gasteiger partial charge in [0.15, 0.2) is 12.0 Å². The van der Waals surface area contributed by atoms with Crippen LogP contribution in [0, 0.1) is 6.39 Å². The first-order chi connectivity index (χ1) is 8.93. The molecule has 0 spiro atoms. The van der Waals surface area contributed by atoms with Crippen LogP contribution in [0.15, 0.2) is 63.8 Å². The van der Waals surface area contributed by atoms with Gasteiger partial charge < -0.3 is 13.8 Å². The third kappa shape index (κ3) is 3.05. The van der Waals surface area contributed by atoms with Crippen molar-refractivity contribution in [2.45, 2.75) is 0 Å². The molecule has 0 aliphatic carbocycles. The van der Waals surface area contributed by atoms with Crippen LogP contribution in [0.5, 0.6) is 0 Å². The topological polar surface area (TPSA) is 52.1 Å². The van der Waals surface area contributed by atoms with Gasteiger partial charge in [-0.3, -0.25) is 0 Å². The van der Waals surface area contributed by atoms with Crippen LogP contribution in [-0.2, 0) is 0 Å². The van der Waals surface area contributed by atoms with Gasteiger partial charge in [0.2, 0.25) is 0 Å². The summed E-state index contributed by atoms with van der Waals surface area (Å²) in [6, 6.07) is 15.2. The summed E-state index contributed by atoms with van der Waals surface area (Å²) >= 11 is 0. The van der Waals surface area contributed by atoms with Gasteiger partial charge in [-0.05, 0) is 23.2 Å². The second kappa shape index (κ2) is 6.23. The van der Waals surface area contributed by atoms with E-state index in [0.717, 1.165) is 22.2 Å². The molecule has 0 fully saturated rings. The van der Waals surface area contributed by atoms with Crippen LogP contribution in [-0.4, -0.2) is 9.97 Å². The zero-order valence-corrected chi connectivity index (χ0v) is 10.4. The molecule has 0 atom stereocenters. The summed E-state index contributed by atoms with van der Waals surface area (Å²) < 4.78 is 9.89. The largest absolute Gasteiger partial charge is 1.00 e. The quantitative estimate of drug-likeness (QED) is 0.333. The van der Waals surface area contributed by atoms with E-state index >= 15 is 0 Å². The third-order valence-electron chi connectivity index (χ3n) is 2.42. The Morgan fingerprint density at radius 2 is 1.53 bits per heavy atom. The third-order valence-corrected chi connectivity index (χ3v) is 2.42. The average Bonchev–Trinajstić information content (AvgIpc) is 3.08. The summed E-state index contributed by atoms with van der Waals surface area (Å²) in [4.78, 5) is 7.78. The second-order valence-corrected chi connectivity index (χ2v) is 3.59. The number of oxazole rings is 2. The molecule has 0 saturated carbocycles. The van der Waals surface area contributed by atoms with Crippen LogP contribution in [0.1, 0.15) is 0 Å². The average molecular weight is 244 g/mol. The minimum absolute atomic E-state index is 0. The van der Waals surface area contributed by atoms with Crippen LogP contribution >= 0.6 is 0 Å². The van der Waals surface area contributed by atoms with Gasteiger partial charge in [-0.25, -0.2) is 4.98 Å². The molecule has 4 aromatic rings. The van der Waals surface area contributed by atoms with Gasteiger partial charge in [-0.1, -0.05) is 30.3 Å². The van der Waals surface area contributed by atoms with E-state index in [1.807, 2.05) is 48.5 Å². The van der Waals surface area contributed by atoms with Gasteiger partial charge in [-0.15, -0.1) is 6.07 Å². The molecule has 5 heteroatoms. The summed E-state index contributed by atoms with van der Waals surface area (Å²) in [6.07, 6.45) is 3.86. The summed E-state index contributed by atoms with van der Waals surface area (Å²) in [5.74, 6) is 0. The fraction of sp³-hybridized carbons (Fsp3) is 0. The molecule has 0 aliphatic rings. The number of nitrogens with zero attached hydrogens (tertiary/aromatic N) is 2. The molecular formula is C14H9LiN2O2. The van der Waals surface area contributed by atoms with E-state index in [2.05, 4.69) is 16.4 Å². The number of aromatic nitrogens is 2. The Labute approximate surface area is 121 Å². The molecule has 0 unspecified atom stereocenters. The minimum atomic E-state index is 0. The number of benzene rings is 2. The van der Waals surface area contributed by atoms with Crippen LogP contribution in [0.25, 0.3) is 22.2 Å². The zero-order valence-electron chi connectivity index (χ0n) is 10.4. The van der Waals surface area contributed by atoms with Crippen molar-refractivity contribution in [1.82, 2.24) is 9.97 Å². The molecule has 4 rings (SSSR count). The Morgan fingerprint density at radius 3 is 2.26 bits per heavy atom. The molecule has 2 aromatic carbocycles. The molecule has 0 saturated heterocycles. The Balaban J connectivity index is 0.000000133. The van der Waals surface area contributed by atoms with Crippen LogP contribution < -0.4 is 18.9 Å². The van der Waals surface area contributed by atoms with Gasteiger partial charge in [0, 0.05) is 0 Å². The van der Waals surface area contributed by atoms with E-state index in [4.69, 9.17) is 8.83 Å². The summed E-state index contributed by atoms with van der Waals surface area (Å²) in [5.41, 5.74) is 3.41. The standard InChI is InChI=1S/C7H5NO.C7H4NO.Li/c2*1-2-4-7-6(3-1)8-5-9-7;/h1-5H;1-4H;/q;-1;+1. The molecule has 0 aliphatic heterocycles. The van der Waals surface area contributed by atoms with E-state index in [9.17, 15) is 0 Å². The first-order valence-corrected chi connectivity index (χ1v) is 5.43. The predicted octanol–water partition coefficient (Wildman–Crippen LogP) is 0.460. The first-order valence-electron chi connectivity index (χ1n) is 5.43. The Bertz CT molecular complexity index is 637. The Hall–Kier alpha value is -2.02. The number of hydrogen-bond acceptors (Lipinski definition) is 4. The molecule has 0 bridgehead atoms. The Morgan fingerprint density at radius 1 is 0.842 bits per heavy atom. The molecule has 4 nitrogen and oxygen atoms in total. The molecule has 0 amide bonds. The Kier molecular flexibility index (Phi) is 4.40. The van der Waals surface area contributed by atoms with E-state index in [1.165, 1.54) is 6.39 Å². The van der Waals surface area contributed by atoms with Gasteiger partial charge in [0.25, 0.3) is 0 Å². The van der Waals surface area contributed by atoms with Crippen molar-refractivity contribution in [3.05, 3.63) is 61.3 Å². The molecule has 88 valence electrons. The summed E-state index contributed by atoms with van der Waals surface area (Å²) in [5, 5.41) is 0. The van der Waals surface area contributed by atoms with Crippen molar-refractivity contribution < 1.29 is 27.7 Å². The summed E-state index contributed by atoms with van der Waals surface area (Å²) in [7, 11) is 0. The fourth-order valence-corrected chi connectivity index (χ4v) is 1.56. The van der Waals surface area contributed by atoms with Crippen molar-refractivity contribution in [2.75, 3.05) is 0 Å². The zero-order chi connectivity index (χ0) is 12.2. The fourth-order valence-electron chi connectivity index (χ4n) is 1.56. The molecule has 0 N–H and O–H groups in total. The predicted molar refractivity (Wildman–Crippen MR) is 66.9 cm³/mol. The maximum Gasteiger partial charge on any atom is 1.00 e. The maximum atomic E-state index is 5.01. The number of para-hydroxylation sites is 4. The van der Waals surface area contributed by atoms with Crippen LogP contribution in [0.4, 0.5) is 0 Å². The number of fused-ring (bicyclic) bond motifs is 2. The molecule has 2 aromatic heterocycles. The SMILES string of the molecule is [Li+].[c-]1nc2ccccc2o1.c1ccc2ocnc2c1. The van der Waals surface area contributed by atoms with E-state index in [0.29, 0.717) is 0 Å². The smallest absolute Gasteiger partial charge is 0.573 e. The van der Waals surface area contributed by atoms with Crippen molar-refractivity contribution in [1.29, 1.82) is 0 Å². The first kappa shape index (κ1) is 13.4. The van der Waals surface area contributed by atoms with E-state index < -0.39 is 0 Å². The molecule has 19 heavy (non-hydrogen) atoms. The molecular weight excluding hydrogens is 235 g/mol. The van der Waals surface area contributed by atoms with Crippen molar-refractivity contribution in [3.63, 3.8) is 0 Å². The monoisotopic (exact) mass is 244 g/mol. The van der Waals surface area contributed by atoms with Crippen molar-refractivity contribution >= 4 is 22.2 Å². The minimum Gasteiger partial charge on any atom is -0.573 e. The number of hydrogen-bond donors (Lipinski definition) is 0. The maximum absolute atomic E-state index is 5.01. The van der Waals surface area contributed by atoms with Gasteiger partial charge in [0.1, 0.15) is 11.9 Å².